The van der Waals surface area contributed by atoms with Gasteiger partial charge in [0.15, 0.2) is 0 Å². The Kier molecular flexibility index (Phi) is 4.24. The average molecular weight is 320 g/mol. The summed E-state index contributed by atoms with van der Waals surface area (Å²) in [5.41, 5.74) is 0.782. The van der Waals surface area contributed by atoms with Gasteiger partial charge in [0.1, 0.15) is 5.82 Å². The molecular weight excluding hydrogens is 305 g/mol. The van der Waals surface area contributed by atoms with E-state index in [4.69, 9.17) is 11.6 Å². The van der Waals surface area contributed by atoms with E-state index in [0.717, 1.165) is 17.0 Å². The number of thiophene rings is 1. The summed E-state index contributed by atoms with van der Waals surface area (Å²) >= 11 is 7.98. The lowest BCUT2D eigenvalue weighted by Gasteiger charge is -2.18. The van der Waals surface area contributed by atoms with Crippen molar-refractivity contribution in [3.05, 3.63) is 69.8 Å². The fourth-order valence-corrected chi connectivity index (χ4v) is 3.83. The van der Waals surface area contributed by atoms with Crippen LogP contribution in [0, 0.1) is 5.82 Å². The predicted molar refractivity (Wildman–Crippen MR) is 88.8 cm³/mol. The van der Waals surface area contributed by atoms with Crippen molar-refractivity contribution in [2.75, 3.05) is 6.54 Å². The van der Waals surface area contributed by atoms with Crippen LogP contribution in [-0.4, -0.2) is 6.54 Å². The van der Waals surface area contributed by atoms with E-state index in [1.54, 1.807) is 17.4 Å². The molecule has 0 aliphatic carbocycles. The maximum absolute atomic E-state index is 13.6. The quantitative estimate of drug-likeness (QED) is 0.679. The second kappa shape index (κ2) is 6.14. The SMILES string of the molecule is CCNC(c1cc2ccccc2s1)c1cc(F)ccc1Cl. The largest absolute Gasteiger partial charge is 0.306 e. The Balaban J connectivity index is 2.10. The summed E-state index contributed by atoms with van der Waals surface area (Å²) in [5, 5.41) is 5.19. The molecule has 21 heavy (non-hydrogen) atoms. The Labute approximate surface area is 132 Å². The lowest BCUT2D eigenvalue weighted by atomic mass is 10.0. The smallest absolute Gasteiger partial charge is 0.123 e. The van der Waals surface area contributed by atoms with Crippen molar-refractivity contribution in [2.24, 2.45) is 0 Å². The lowest BCUT2D eigenvalue weighted by molar-refractivity contribution is 0.607. The van der Waals surface area contributed by atoms with Crippen LogP contribution in [0.3, 0.4) is 0 Å². The fraction of sp³-hybridized carbons (Fsp3) is 0.176. The Bertz CT molecular complexity index is 735. The van der Waals surface area contributed by atoms with Crippen LogP contribution in [0.2, 0.25) is 5.02 Å². The van der Waals surface area contributed by atoms with Crippen LogP contribution in [0.15, 0.2) is 48.5 Å². The summed E-state index contributed by atoms with van der Waals surface area (Å²) < 4.78 is 14.8. The van der Waals surface area contributed by atoms with Gasteiger partial charge in [-0.25, -0.2) is 4.39 Å². The average Bonchev–Trinajstić information content (AvgIpc) is 2.91. The van der Waals surface area contributed by atoms with E-state index in [2.05, 4.69) is 23.5 Å². The van der Waals surface area contributed by atoms with Crippen LogP contribution in [0.1, 0.15) is 23.4 Å². The first-order valence-corrected chi connectivity index (χ1v) is 8.05. The molecule has 0 saturated carbocycles. The molecular formula is C17H15ClFNS. The molecule has 0 aliphatic rings. The number of benzene rings is 2. The van der Waals surface area contributed by atoms with Gasteiger partial charge in [0.2, 0.25) is 0 Å². The molecule has 4 heteroatoms. The third kappa shape index (κ3) is 2.95. The molecule has 0 saturated heterocycles. The first kappa shape index (κ1) is 14.5. The zero-order valence-corrected chi connectivity index (χ0v) is 13.1. The highest BCUT2D eigenvalue weighted by Crippen LogP contribution is 2.35. The Morgan fingerprint density at radius 2 is 2.00 bits per heavy atom. The number of nitrogens with one attached hydrogen (secondary N) is 1. The maximum atomic E-state index is 13.6. The van der Waals surface area contributed by atoms with Crippen molar-refractivity contribution in [2.45, 2.75) is 13.0 Å². The van der Waals surface area contributed by atoms with Crippen LogP contribution >= 0.6 is 22.9 Å². The van der Waals surface area contributed by atoms with Gasteiger partial charge in [0.05, 0.1) is 6.04 Å². The zero-order valence-electron chi connectivity index (χ0n) is 11.6. The molecule has 3 aromatic rings. The van der Waals surface area contributed by atoms with E-state index < -0.39 is 0 Å². The van der Waals surface area contributed by atoms with Crippen molar-refractivity contribution >= 4 is 33.0 Å². The van der Waals surface area contributed by atoms with E-state index in [1.807, 2.05) is 19.1 Å². The summed E-state index contributed by atoms with van der Waals surface area (Å²) in [7, 11) is 0. The number of halogens is 2. The maximum Gasteiger partial charge on any atom is 0.123 e. The van der Waals surface area contributed by atoms with Crippen molar-refractivity contribution in [1.29, 1.82) is 0 Å². The summed E-state index contributed by atoms with van der Waals surface area (Å²) in [4.78, 5) is 1.14. The van der Waals surface area contributed by atoms with Crippen LogP contribution in [0.4, 0.5) is 4.39 Å². The van der Waals surface area contributed by atoms with E-state index in [-0.39, 0.29) is 11.9 Å². The normalized spacial score (nSPS) is 12.7. The molecule has 1 unspecified atom stereocenters. The van der Waals surface area contributed by atoms with Gasteiger partial charge in [-0.3, -0.25) is 0 Å². The van der Waals surface area contributed by atoms with Gasteiger partial charge in [0, 0.05) is 14.6 Å². The Hall–Kier alpha value is -1.42. The first-order valence-electron chi connectivity index (χ1n) is 6.86. The van der Waals surface area contributed by atoms with Gasteiger partial charge in [-0.05, 0) is 47.8 Å². The Morgan fingerprint density at radius 1 is 1.19 bits per heavy atom. The van der Waals surface area contributed by atoms with E-state index in [1.165, 1.54) is 22.2 Å². The van der Waals surface area contributed by atoms with Gasteiger partial charge in [0.25, 0.3) is 0 Å². The highest BCUT2D eigenvalue weighted by molar-refractivity contribution is 7.19. The van der Waals surface area contributed by atoms with Crippen molar-refractivity contribution < 1.29 is 4.39 Å². The van der Waals surface area contributed by atoms with Crippen molar-refractivity contribution in [1.82, 2.24) is 5.32 Å². The second-order valence-corrected chi connectivity index (χ2v) is 6.37. The minimum atomic E-state index is -0.265. The number of fused-ring (bicyclic) bond motifs is 1. The zero-order chi connectivity index (χ0) is 14.8. The summed E-state index contributed by atoms with van der Waals surface area (Å²) in [6, 6.07) is 14.8. The monoisotopic (exact) mass is 319 g/mol. The molecule has 1 aromatic heterocycles. The third-order valence-electron chi connectivity index (χ3n) is 3.41. The number of hydrogen-bond donors (Lipinski definition) is 1. The minimum Gasteiger partial charge on any atom is -0.306 e. The highest BCUT2D eigenvalue weighted by atomic mass is 35.5. The van der Waals surface area contributed by atoms with Gasteiger partial charge in [-0.15, -0.1) is 11.3 Å². The minimum absolute atomic E-state index is 0.0874. The molecule has 0 bridgehead atoms. The van der Waals surface area contributed by atoms with Gasteiger partial charge < -0.3 is 5.32 Å². The standard InChI is InChI=1S/C17H15ClFNS/c1-2-20-17(13-10-12(19)7-8-14(13)18)16-9-11-5-3-4-6-15(11)21-16/h3-10,17,20H,2H2,1H3. The topological polar surface area (TPSA) is 12.0 Å². The first-order chi connectivity index (χ1) is 10.2. The molecule has 1 N–H and O–H groups in total. The molecule has 1 atom stereocenters. The second-order valence-electron chi connectivity index (χ2n) is 4.84. The molecule has 0 fully saturated rings. The molecule has 0 amide bonds. The summed E-state index contributed by atoms with van der Waals surface area (Å²) in [6.45, 7) is 2.82. The van der Waals surface area contributed by atoms with Crippen molar-refractivity contribution in [3.63, 3.8) is 0 Å². The van der Waals surface area contributed by atoms with Gasteiger partial charge in [-0.1, -0.05) is 36.7 Å². The molecule has 1 nitrogen and oxygen atoms in total. The Morgan fingerprint density at radius 3 is 2.76 bits per heavy atom. The molecule has 0 spiro atoms. The molecule has 2 aromatic carbocycles. The van der Waals surface area contributed by atoms with Crippen LogP contribution in [0.25, 0.3) is 10.1 Å². The van der Waals surface area contributed by atoms with E-state index >= 15 is 0 Å². The molecule has 108 valence electrons. The van der Waals surface area contributed by atoms with Crippen LogP contribution in [0.5, 0.6) is 0 Å². The summed E-state index contributed by atoms with van der Waals surface area (Å²) in [5.74, 6) is -0.265. The molecule has 3 rings (SSSR count). The van der Waals surface area contributed by atoms with Crippen LogP contribution in [-0.2, 0) is 0 Å². The molecule has 0 radical (unpaired) electrons. The van der Waals surface area contributed by atoms with Gasteiger partial charge in [-0.2, -0.15) is 0 Å². The lowest BCUT2D eigenvalue weighted by Crippen LogP contribution is -2.21. The number of rotatable bonds is 4. The third-order valence-corrected chi connectivity index (χ3v) is 4.93. The molecule has 0 aliphatic heterocycles. The van der Waals surface area contributed by atoms with E-state index in [0.29, 0.717) is 5.02 Å². The predicted octanol–water partition coefficient (Wildman–Crippen LogP) is 5.39. The van der Waals surface area contributed by atoms with Gasteiger partial charge >= 0.3 is 0 Å². The fourth-order valence-electron chi connectivity index (χ4n) is 2.45. The van der Waals surface area contributed by atoms with Crippen molar-refractivity contribution in [3.8, 4) is 0 Å². The summed E-state index contributed by atoms with van der Waals surface area (Å²) in [6.07, 6.45) is 0. The highest BCUT2D eigenvalue weighted by Gasteiger charge is 2.19. The van der Waals surface area contributed by atoms with Crippen LogP contribution < -0.4 is 5.32 Å². The van der Waals surface area contributed by atoms with E-state index in [9.17, 15) is 4.39 Å². The molecule has 1 heterocycles. The number of hydrogen-bond acceptors (Lipinski definition) is 2.